The highest BCUT2D eigenvalue weighted by molar-refractivity contribution is 4.82. The minimum Gasteiger partial charge on any atom is -0.300 e. The van der Waals surface area contributed by atoms with Crippen LogP contribution in [0.3, 0.4) is 0 Å². The lowest BCUT2D eigenvalue weighted by Crippen LogP contribution is -2.39. The Morgan fingerprint density at radius 2 is 1.50 bits per heavy atom. The largest absolute Gasteiger partial charge is 0.300 e. The Kier molecular flexibility index (Phi) is 2.69. The lowest BCUT2D eigenvalue weighted by atomic mass is 9.97. The zero-order chi connectivity index (χ0) is 8.39. The summed E-state index contributed by atoms with van der Waals surface area (Å²) in [4.78, 5) is 2.70. The van der Waals surface area contributed by atoms with E-state index >= 15 is 0 Å². The van der Waals surface area contributed by atoms with Crippen LogP contribution in [-0.4, -0.2) is 24.0 Å². The van der Waals surface area contributed by atoms with Gasteiger partial charge in [0.05, 0.1) is 0 Å². The van der Waals surface area contributed by atoms with E-state index in [1.165, 1.54) is 51.6 Å². The fourth-order valence-electron chi connectivity index (χ4n) is 2.59. The number of hydrogen-bond donors (Lipinski definition) is 0. The average Bonchev–Trinajstić information content (AvgIpc) is 2.58. The molecule has 12 heavy (non-hydrogen) atoms. The highest BCUT2D eigenvalue weighted by Crippen LogP contribution is 2.27. The van der Waals surface area contributed by atoms with Gasteiger partial charge in [-0.3, -0.25) is 0 Å². The maximum Gasteiger partial charge on any atom is 0.00952 e. The van der Waals surface area contributed by atoms with Crippen molar-refractivity contribution in [3.8, 4) is 0 Å². The first-order chi connectivity index (χ1) is 5.86. The molecule has 0 atom stereocenters. The van der Waals surface area contributed by atoms with Crippen LogP contribution >= 0.6 is 0 Å². The van der Waals surface area contributed by atoms with Crippen LogP contribution in [0, 0.1) is 12.8 Å². The number of hydrogen-bond acceptors (Lipinski definition) is 1. The van der Waals surface area contributed by atoms with Crippen molar-refractivity contribution in [3.63, 3.8) is 0 Å². The minimum atomic E-state index is 0.739. The summed E-state index contributed by atoms with van der Waals surface area (Å²) in [5, 5.41) is 0. The molecule has 1 heteroatoms. The van der Waals surface area contributed by atoms with Gasteiger partial charge >= 0.3 is 0 Å². The first-order valence-electron chi connectivity index (χ1n) is 5.43. The van der Waals surface area contributed by atoms with Crippen LogP contribution in [0.4, 0.5) is 0 Å². The van der Waals surface area contributed by atoms with Gasteiger partial charge < -0.3 is 4.90 Å². The van der Waals surface area contributed by atoms with Crippen molar-refractivity contribution in [1.82, 2.24) is 4.90 Å². The normalized spacial score (nSPS) is 29.8. The average molecular weight is 166 g/mol. The van der Waals surface area contributed by atoms with E-state index in [1.807, 2.05) is 0 Å². The molecule has 1 nitrogen and oxygen atoms in total. The van der Waals surface area contributed by atoms with Gasteiger partial charge in [-0.1, -0.05) is 19.8 Å². The smallest absolute Gasteiger partial charge is 0.00952 e. The van der Waals surface area contributed by atoms with Crippen LogP contribution in [0.1, 0.15) is 38.5 Å². The fraction of sp³-hybridized carbons (Fsp3) is 0.909. The molecule has 0 amide bonds. The molecule has 0 unspecified atom stereocenters. The highest BCUT2D eigenvalue weighted by Gasteiger charge is 2.25. The Morgan fingerprint density at radius 3 is 2.08 bits per heavy atom. The van der Waals surface area contributed by atoms with Crippen molar-refractivity contribution in [1.29, 1.82) is 0 Å². The second-order valence-electron chi connectivity index (χ2n) is 4.42. The van der Waals surface area contributed by atoms with Crippen LogP contribution in [0.2, 0.25) is 0 Å². The first kappa shape index (κ1) is 8.55. The third-order valence-corrected chi connectivity index (χ3v) is 3.49. The summed E-state index contributed by atoms with van der Waals surface area (Å²) in [7, 11) is 0. The molecule has 2 fully saturated rings. The number of nitrogens with zero attached hydrogens (tertiary/aromatic N) is 1. The molecule has 1 saturated carbocycles. The Balaban J connectivity index is 1.80. The van der Waals surface area contributed by atoms with Crippen molar-refractivity contribution >= 4 is 0 Å². The van der Waals surface area contributed by atoms with Crippen molar-refractivity contribution < 1.29 is 0 Å². The van der Waals surface area contributed by atoms with Gasteiger partial charge in [0.15, 0.2) is 0 Å². The van der Waals surface area contributed by atoms with E-state index in [-0.39, 0.29) is 0 Å². The van der Waals surface area contributed by atoms with Gasteiger partial charge in [-0.15, -0.1) is 0 Å². The summed E-state index contributed by atoms with van der Waals surface area (Å²) in [6.45, 7) is 6.77. The SMILES string of the molecule is [CH2]C1CCN(C2CCCC2)CC1. The summed E-state index contributed by atoms with van der Waals surface area (Å²) in [5.41, 5.74) is 0. The maximum absolute atomic E-state index is 4.13. The van der Waals surface area contributed by atoms with Gasteiger partial charge in [-0.05, 0) is 44.7 Å². The topological polar surface area (TPSA) is 3.24 Å². The maximum atomic E-state index is 4.13. The minimum absolute atomic E-state index is 0.739. The van der Waals surface area contributed by atoms with Crippen molar-refractivity contribution in [3.05, 3.63) is 6.92 Å². The molecule has 0 N–H and O–H groups in total. The lowest BCUT2D eigenvalue weighted by molar-refractivity contribution is 0.146. The predicted molar refractivity (Wildman–Crippen MR) is 51.9 cm³/mol. The molecule has 0 bridgehead atoms. The molecule has 1 aliphatic heterocycles. The number of rotatable bonds is 1. The predicted octanol–water partition coefficient (Wildman–Crippen LogP) is 2.48. The van der Waals surface area contributed by atoms with E-state index in [9.17, 15) is 0 Å². The molecule has 1 saturated heterocycles. The van der Waals surface area contributed by atoms with E-state index in [2.05, 4.69) is 11.8 Å². The molecule has 1 heterocycles. The van der Waals surface area contributed by atoms with E-state index in [0.717, 1.165) is 12.0 Å². The van der Waals surface area contributed by atoms with Crippen LogP contribution < -0.4 is 0 Å². The summed E-state index contributed by atoms with van der Waals surface area (Å²) < 4.78 is 0. The van der Waals surface area contributed by atoms with Crippen LogP contribution in [0.25, 0.3) is 0 Å². The molecule has 0 aromatic rings. The van der Waals surface area contributed by atoms with E-state index in [4.69, 9.17) is 0 Å². The molecule has 1 aliphatic carbocycles. The molecule has 0 aromatic heterocycles. The lowest BCUT2D eigenvalue weighted by Gasteiger charge is -2.34. The third-order valence-electron chi connectivity index (χ3n) is 3.49. The monoisotopic (exact) mass is 166 g/mol. The molecule has 0 aromatic carbocycles. The van der Waals surface area contributed by atoms with Crippen LogP contribution in [-0.2, 0) is 0 Å². The quantitative estimate of drug-likeness (QED) is 0.578. The van der Waals surface area contributed by atoms with Crippen LogP contribution in [0.15, 0.2) is 0 Å². The first-order valence-corrected chi connectivity index (χ1v) is 5.43. The highest BCUT2D eigenvalue weighted by atomic mass is 15.2. The Hall–Kier alpha value is -0.0400. The van der Waals surface area contributed by atoms with Crippen molar-refractivity contribution in [2.45, 2.75) is 44.6 Å². The van der Waals surface area contributed by atoms with E-state index in [0.29, 0.717) is 0 Å². The van der Waals surface area contributed by atoms with Gasteiger partial charge in [0.2, 0.25) is 0 Å². The van der Waals surface area contributed by atoms with Gasteiger partial charge in [-0.25, -0.2) is 0 Å². The second kappa shape index (κ2) is 3.78. The van der Waals surface area contributed by atoms with Crippen molar-refractivity contribution in [2.75, 3.05) is 13.1 Å². The summed E-state index contributed by atoms with van der Waals surface area (Å²) in [5.74, 6) is 0.739. The number of likely N-dealkylation sites (tertiary alicyclic amines) is 1. The van der Waals surface area contributed by atoms with Gasteiger partial charge in [0.1, 0.15) is 0 Å². The van der Waals surface area contributed by atoms with E-state index in [1.54, 1.807) is 0 Å². The molecular weight excluding hydrogens is 146 g/mol. The second-order valence-corrected chi connectivity index (χ2v) is 4.42. The third kappa shape index (κ3) is 1.82. The van der Waals surface area contributed by atoms with Gasteiger partial charge in [0, 0.05) is 6.04 Å². The Morgan fingerprint density at radius 1 is 0.917 bits per heavy atom. The molecule has 2 aliphatic rings. The Labute approximate surface area is 76.1 Å². The Bertz CT molecular complexity index is 130. The van der Waals surface area contributed by atoms with Gasteiger partial charge in [-0.2, -0.15) is 0 Å². The summed E-state index contributed by atoms with van der Waals surface area (Å²) in [6, 6.07) is 0.942. The van der Waals surface area contributed by atoms with Crippen LogP contribution in [0.5, 0.6) is 0 Å². The van der Waals surface area contributed by atoms with E-state index < -0.39 is 0 Å². The zero-order valence-corrected chi connectivity index (χ0v) is 7.97. The molecular formula is C11H20N. The molecule has 2 rings (SSSR count). The number of piperidine rings is 1. The zero-order valence-electron chi connectivity index (χ0n) is 7.97. The summed E-state index contributed by atoms with van der Waals surface area (Å²) in [6.07, 6.45) is 8.51. The van der Waals surface area contributed by atoms with Crippen molar-refractivity contribution in [2.24, 2.45) is 5.92 Å². The molecule has 69 valence electrons. The molecule has 1 radical (unpaired) electrons. The standard InChI is InChI=1S/C11H20N/c1-10-6-8-12(9-7-10)11-4-2-3-5-11/h10-11H,1-9H2. The van der Waals surface area contributed by atoms with Gasteiger partial charge in [0.25, 0.3) is 0 Å². The summed E-state index contributed by atoms with van der Waals surface area (Å²) >= 11 is 0. The fourth-order valence-corrected chi connectivity index (χ4v) is 2.59. The molecule has 0 spiro atoms.